The van der Waals surface area contributed by atoms with Crippen molar-refractivity contribution >= 4 is 57.9 Å². The van der Waals surface area contributed by atoms with Crippen LogP contribution in [0.4, 0.5) is 4.79 Å². The monoisotopic (exact) mass is 641 g/mol. The van der Waals surface area contributed by atoms with E-state index in [2.05, 4.69) is 10.6 Å². The molecule has 4 aromatic rings. The van der Waals surface area contributed by atoms with Gasteiger partial charge in [-0.15, -0.1) is 23.1 Å². The molecule has 6 rings (SSSR count). The Kier molecular flexibility index (Phi) is 9.15. The summed E-state index contributed by atoms with van der Waals surface area (Å²) in [6, 6.07) is 30.7. The second-order valence-electron chi connectivity index (χ2n) is 9.97. The Morgan fingerprint density at radius 1 is 0.886 bits per heavy atom. The molecule has 0 radical (unpaired) electrons. The van der Waals surface area contributed by atoms with Gasteiger partial charge in [-0.2, -0.15) is 0 Å². The van der Waals surface area contributed by atoms with Crippen molar-refractivity contribution in [2.24, 2.45) is 0 Å². The predicted octanol–water partition coefficient (Wildman–Crippen LogP) is 5.74. The summed E-state index contributed by atoms with van der Waals surface area (Å²) in [5, 5.41) is 6.65. The number of fused-ring (bicyclic) bond motifs is 1. The van der Waals surface area contributed by atoms with Crippen LogP contribution in [0.3, 0.4) is 0 Å². The fourth-order valence-electron chi connectivity index (χ4n) is 4.99. The van der Waals surface area contributed by atoms with Crippen molar-refractivity contribution < 1.29 is 23.9 Å². The standard InChI is InChI=1S/C33H27N3O5S3/c37-26(19-24-17-10-18-42-24)35-27-30(38)36-28(25(20-43-31(27)36)34-33(40)44-23-15-8-3-9-16-23)32(39)41-29(21-11-4-1-5-12-21)22-13-6-2-7-14-22/h1-18,27,29,31H,19-20H2,(H,34,40)(H,35,37)/t27?,31-/m1/s1. The molecule has 2 aliphatic heterocycles. The number of rotatable bonds is 9. The summed E-state index contributed by atoms with van der Waals surface area (Å²) in [5.41, 5.74) is 1.77. The molecule has 2 N–H and O–H groups in total. The third kappa shape index (κ3) is 6.59. The van der Waals surface area contributed by atoms with Crippen molar-refractivity contribution in [2.75, 3.05) is 5.75 Å². The average Bonchev–Trinajstić information content (AvgIpc) is 3.56. The number of benzene rings is 3. The number of carbonyl (C=O) groups is 4. The molecule has 1 aromatic heterocycles. The second kappa shape index (κ2) is 13.5. The number of amides is 3. The summed E-state index contributed by atoms with van der Waals surface area (Å²) in [4.78, 5) is 56.4. The number of ether oxygens (including phenoxy) is 1. The first kappa shape index (κ1) is 29.7. The Morgan fingerprint density at radius 3 is 2.14 bits per heavy atom. The number of esters is 1. The highest BCUT2D eigenvalue weighted by atomic mass is 32.2. The molecule has 1 fully saturated rings. The Morgan fingerprint density at radius 2 is 1.52 bits per heavy atom. The molecule has 8 nitrogen and oxygen atoms in total. The molecule has 2 atom stereocenters. The molecule has 1 unspecified atom stereocenters. The lowest BCUT2D eigenvalue weighted by atomic mass is 10.0. The van der Waals surface area contributed by atoms with Crippen LogP contribution in [0.1, 0.15) is 22.1 Å². The van der Waals surface area contributed by atoms with Crippen LogP contribution in [0.5, 0.6) is 0 Å². The Hall–Kier alpha value is -4.32. The summed E-state index contributed by atoms with van der Waals surface area (Å²) >= 11 is 3.82. The van der Waals surface area contributed by atoms with Gasteiger partial charge in [0, 0.05) is 15.5 Å². The van der Waals surface area contributed by atoms with E-state index < -0.39 is 34.6 Å². The second-order valence-corrected chi connectivity index (χ2v) is 13.2. The van der Waals surface area contributed by atoms with Crippen LogP contribution < -0.4 is 10.6 Å². The third-order valence-electron chi connectivity index (χ3n) is 7.03. The Labute approximate surface area is 266 Å². The van der Waals surface area contributed by atoms with Gasteiger partial charge in [-0.25, -0.2) is 4.79 Å². The molecule has 3 heterocycles. The van der Waals surface area contributed by atoms with Gasteiger partial charge < -0.3 is 15.4 Å². The van der Waals surface area contributed by atoms with Crippen LogP contribution in [0.25, 0.3) is 0 Å². The lowest BCUT2D eigenvalue weighted by Crippen LogP contribution is -2.71. The maximum Gasteiger partial charge on any atom is 0.357 e. The van der Waals surface area contributed by atoms with Crippen molar-refractivity contribution in [1.82, 2.24) is 15.5 Å². The minimum Gasteiger partial charge on any atom is -0.448 e. The van der Waals surface area contributed by atoms with Gasteiger partial charge in [0.25, 0.3) is 11.1 Å². The van der Waals surface area contributed by atoms with E-state index in [9.17, 15) is 19.2 Å². The van der Waals surface area contributed by atoms with Gasteiger partial charge >= 0.3 is 5.97 Å². The smallest absolute Gasteiger partial charge is 0.357 e. The highest BCUT2D eigenvalue weighted by Crippen LogP contribution is 2.41. The Balaban J connectivity index is 1.28. The quantitative estimate of drug-likeness (QED) is 0.137. The number of β-lactam (4-membered cyclic amide) rings is 1. The molecular formula is C33H27N3O5S3. The van der Waals surface area contributed by atoms with Gasteiger partial charge in [-0.1, -0.05) is 84.9 Å². The minimum absolute atomic E-state index is 0.0265. The maximum absolute atomic E-state index is 14.1. The van der Waals surface area contributed by atoms with Crippen molar-refractivity contribution in [3.05, 3.63) is 136 Å². The van der Waals surface area contributed by atoms with E-state index >= 15 is 0 Å². The molecule has 2 aliphatic rings. The van der Waals surface area contributed by atoms with Crippen molar-refractivity contribution in [1.29, 1.82) is 0 Å². The first-order valence-corrected chi connectivity index (χ1v) is 16.6. The number of nitrogens with one attached hydrogen (secondary N) is 2. The van der Waals surface area contributed by atoms with E-state index in [0.717, 1.165) is 32.7 Å². The van der Waals surface area contributed by atoms with Gasteiger partial charge in [0.05, 0.1) is 12.1 Å². The third-order valence-corrected chi connectivity index (χ3v) is 9.98. The largest absolute Gasteiger partial charge is 0.448 e. The van der Waals surface area contributed by atoms with Crippen molar-refractivity contribution in [3.63, 3.8) is 0 Å². The van der Waals surface area contributed by atoms with Crippen molar-refractivity contribution in [3.8, 4) is 0 Å². The van der Waals surface area contributed by atoms with E-state index in [-0.39, 0.29) is 29.5 Å². The minimum atomic E-state index is -0.801. The van der Waals surface area contributed by atoms with Crippen molar-refractivity contribution in [2.45, 2.75) is 28.8 Å². The van der Waals surface area contributed by atoms with Crippen LogP contribution in [-0.2, 0) is 25.5 Å². The topological polar surface area (TPSA) is 105 Å². The number of hydrogen-bond donors (Lipinski definition) is 2. The molecule has 44 heavy (non-hydrogen) atoms. The van der Waals surface area contributed by atoms with Gasteiger partial charge in [-0.05, 0) is 46.5 Å². The molecule has 1 saturated heterocycles. The molecule has 0 bridgehead atoms. The number of thiophene rings is 1. The number of nitrogens with zero attached hydrogens (tertiary/aromatic N) is 1. The Bertz CT molecular complexity index is 1640. The molecule has 0 aliphatic carbocycles. The van der Waals surface area contributed by atoms with Crippen LogP contribution >= 0.6 is 34.9 Å². The van der Waals surface area contributed by atoms with E-state index in [4.69, 9.17) is 4.74 Å². The maximum atomic E-state index is 14.1. The van der Waals surface area contributed by atoms with Crippen LogP contribution in [0.2, 0.25) is 0 Å². The lowest BCUT2D eigenvalue weighted by Gasteiger charge is -2.49. The molecule has 0 spiro atoms. The van der Waals surface area contributed by atoms with Gasteiger partial charge in [-0.3, -0.25) is 19.3 Å². The average molecular weight is 642 g/mol. The van der Waals surface area contributed by atoms with Gasteiger partial charge in [0.1, 0.15) is 11.4 Å². The number of thioether (sulfide) groups is 2. The zero-order chi connectivity index (χ0) is 30.5. The molecule has 0 saturated carbocycles. The first-order valence-electron chi connectivity index (χ1n) is 13.8. The number of hydrogen-bond acceptors (Lipinski definition) is 8. The summed E-state index contributed by atoms with van der Waals surface area (Å²) < 4.78 is 6.14. The summed E-state index contributed by atoms with van der Waals surface area (Å²) in [7, 11) is 0. The van der Waals surface area contributed by atoms with E-state index in [1.165, 1.54) is 28.0 Å². The lowest BCUT2D eigenvalue weighted by molar-refractivity contribution is -0.154. The van der Waals surface area contributed by atoms with Crippen LogP contribution in [0, 0.1) is 0 Å². The normalized spacial score (nSPS) is 17.5. The van der Waals surface area contributed by atoms with Crippen LogP contribution in [0.15, 0.2) is 125 Å². The van der Waals surface area contributed by atoms with E-state index in [0.29, 0.717) is 0 Å². The summed E-state index contributed by atoms with van der Waals surface area (Å²) in [5.74, 6) is -1.22. The fourth-order valence-corrected chi connectivity index (χ4v) is 7.66. The zero-order valence-electron chi connectivity index (χ0n) is 23.3. The predicted molar refractivity (Wildman–Crippen MR) is 172 cm³/mol. The SMILES string of the molecule is O=C(Cc1cccs1)NC1C(=O)N2C(C(=O)OC(c3ccccc3)c3ccccc3)=C(NC(=O)Sc3ccccc3)CS[C@H]12. The first-order chi connectivity index (χ1) is 21.5. The summed E-state index contributed by atoms with van der Waals surface area (Å²) in [6.07, 6.45) is -0.587. The van der Waals surface area contributed by atoms with E-state index in [1.54, 1.807) is 0 Å². The van der Waals surface area contributed by atoms with E-state index in [1.807, 2.05) is 109 Å². The van der Waals surface area contributed by atoms with Crippen LogP contribution in [-0.4, -0.2) is 45.1 Å². The number of carbonyl (C=O) groups excluding carboxylic acids is 4. The highest BCUT2D eigenvalue weighted by molar-refractivity contribution is 8.13. The molecular weight excluding hydrogens is 615 g/mol. The fraction of sp³-hybridized carbons (Fsp3) is 0.152. The molecule has 222 valence electrons. The molecule has 3 aromatic carbocycles. The van der Waals surface area contributed by atoms with Gasteiger partial charge in [0.15, 0.2) is 11.8 Å². The van der Waals surface area contributed by atoms with Gasteiger partial charge in [0.2, 0.25) is 5.91 Å². The highest BCUT2D eigenvalue weighted by Gasteiger charge is 2.55. The zero-order valence-corrected chi connectivity index (χ0v) is 25.7. The molecule has 11 heteroatoms. The molecule has 3 amide bonds. The summed E-state index contributed by atoms with van der Waals surface area (Å²) in [6.45, 7) is 0.